The number of rotatable bonds is 6. The molecular weight excluding hydrogens is 276 g/mol. The van der Waals surface area contributed by atoms with Crippen LogP contribution in [0, 0.1) is 0 Å². The lowest BCUT2D eigenvalue weighted by molar-refractivity contribution is 0.400. The maximum atomic E-state index is 12.0. The minimum Gasteiger partial charge on any atom is -0.305 e. The highest BCUT2D eigenvalue weighted by molar-refractivity contribution is 7.89. The Hall–Kier alpha value is -1.70. The molecule has 0 saturated carbocycles. The van der Waals surface area contributed by atoms with Gasteiger partial charge in [0.1, 0.15) is 4.90 Å². The van der Waals surface area contributed by atoms with Gasteiger partial charge in [-0.3, -0.25) is 5.10 Å². The SMILES string of the molecule is CN(C)Cc1ccccc1CNS(=O)(=O)c1cn[nH]c1. The highest BCUT2D eigenvalue weighted by Gasteiger charge is 2.15. The fourth-order valence-electron chi connectivity index (χ4n) is 1.87. The van der Waals surface area contributed by atoms with E-state index in [9.17, 15) is 8.42 Å². The van der Waals surface area contributed by atoms with Crippen molar-refractivity contribution >= 4 is 10.0 Å². The summed E-state index contributed by atoms with van der Waals surface area (Å²) < 4.78 is 26.6. The van der Waals surface area contributed by atoms with E-state index in [1.165, 1.54) is 12.4 Å². The molecule has 0 radical (unpaired) electrons. The zero-order valence-electron chi connectivity index (χ0n) is 11.5. The summed E-state index contributed by atoms with van der Waals surface area (Å²) in [5.74, 6) is 0. The lowest BCUT2D eigenvalue weighted by Crippen LogP contribution is -2.24. The Bertz CT molecular complexity index is 651. The van der Waals surface area contributed by atoms with Gasteiger partial charge in [0, 0.05) is 19.3 Å². The molecule has 2 aromatic rings. The predicted octanol–water partition coefficient (Wildman–Crippen LogP) is 0.950. The maximum absolute atomic E-state index is 12.0. The van der Waals surface area contributed by atoms with Gasteiger partial charge in [-0.15, -0.1) is 0 Å². The quantitative estimate of drug-likeness (QED) is 0.831. The van der Waals surface area contributed by atoms with Crippen LogP contribution in [0.3, 0.4) is 0 Å². The molecule has 0 aliphatic carbocycles. The van der Waals surface area contributed by atoms with Crippen molar-refractivity contribution in [1.29, 1.82) is 0 Å². The Labute approximate surface area is 118 Å². The number of sulfonamides is 1. The zero-order valence-corrected chi connectivity index (χ0v) is 12.3. The smallest absolute Gasteiger partial charge is 0.243 e. The fourth-order valence-corrected chi connectivity index (χ4v) is 2.78. The molecule has 0 unspecified atom stereocenters. The first kappa shape index (κ1) is 14.7. The Balaban J connectivity index is 2.12. The van der Waals surface area contributed by atoms with E-state index in [2.05, 4.69) is 14.9 Å². The van der Waals surface area contributed by atoms with Crippen molar-refractivity contribution in [1.82, 2.24) is 19.8 Å². The molecule has 1 heterocycles. The number of hydrogen-bond acceptors (Lipinski definition) is 4. The van der Waals surface area contributed by atoms with Gasteiger partial charge in [0.05, 0.1) is 6.20 Å². The molecule has 0 saturated heterocycles. The van der Waals surface area contributed by atoms with Gasteiger partial charge in [0.2, 0.25) is 10.0 Å². The monoisotopic (exact) mass is 294 g/mol. The molecule has 0 aliphatic rings. The molecule has 1 aromatic carbocycles. The van der Waals surface area contributed by atoms with Crippen molar-refractivity contribution in [3.63, 3.8) is 0 Å². The lowest BCUT2D eigenvalue weighted by Gasteiger charge is -2.14. The van der Waals surface area contributed by atoms with Crippen molar-refractivity contribution < 1.29 is 8.42 Å². The summed E-state index contributed by atoms with van der Waals surface area (Å²) in [4.78, 5) is 2.19. The van der Waals surface area contributed by atoms with Crippen LogP contribution in [0.2, 0.25) is 0 Å². The highest BCUT2D eigenvalue weighted by Crippen LogP contribution is 2.12. The van der Waals surface area contributed by atoms with Gasteiger partial charge in [-0.05, 0) is 25.2 Å². The van der Waals surface area contributed by atoms with E-state index in [0.717, 1.165) is 17.7 Å². The second-order valence-electron chi connectivity index (χ2n) is 4.77. The second kappa shape index (κ2) is 6.17. The third-order valence-corrected chi connectivity index (χ3v) is 4.21. The average molecular weight is 294 g/mol. The topological polar surface area (TPSA) is 78.1 Å². The molecule has 2 rings (SSSR count). The summed E-state index contributed by atoms with van der Waals surface area (Å²) in [7, 11) is 0.439. The number of hydrogen-bond donors (Lipinski definition) is 2. The van der Waals surface area contributed by atoms with E-state index in [1.807, 2.05) is 43.3 Å². The van der Waals surface area contributed by atoms with E-state index >= 15 is 0 Å². The molecule has 2 N–H and O–H groups in total. The molecule has 0 amide bonds. The van der Waals surface area contributed by atoms with Crippen molar-refractivity contribution in [2.75, 3.05) is 14.1 Å². The molecule has 0 fully saturated rings. The summed E-state index contributed by atoms with van der Waals surface area (Å²) in [6, 6.07) is 7.78. The number of nitrogens with one attached hydrogen (secondary N) is 2. The highest BCUT2D eigenvalue weighted by atomic mass is 32.2. The van der Waals surface area contributed by atoms with Crippen molar-refractivity contribution in [3.8, 4) is 0 Å². The number of aromatic amines is 1. The molecule has 0 bridgehead atoms. The van der Waals surface area contributed by atoms with Gasteiger partial charge in [-0.2, -0.15) is 5.10 Å². The summed E-state index contributed by atoms with van der Waals surface area (Å²) in [5.41, 5.74) is 2.07. The van der Waals surface area contributed by atoms with Crippen LogP contribution in [0.4, 0.5) is 0 Å². The van der Waals surface area contributed by atoms with Crippen LogP contribution in [0.25, 0.3) is 0 Å². The molecule has 1 aromatic heterocycles. The summed E-state index contributed by atoms with van der Waals surface area (Å²) >= 11 is 0. The minimum atomic E-state index is -3.52. The number of nitrogens with zero attached hydrogens (tertiary/aromatic N) is 2. The van der Waals surface area contributed by atoms with Gasteiger partial charge in [0.15, 0.2) is 0 Å². The second-order valence-corrected chi connectivity index (χ2v) is 6.53. The first-order chi connectivity index (χ1) is 9.49. The maximum Gasteiger partial charge on any atom is 0.243 e. The van der Waals surface area contributed by atoms with Crippen LogP contribution >= 0.6 is 0 Å². The standard InChI is InChI=1S/C13H18N4O2S/c1-17(2)10-12-6-4-3-5-11(12)7-16-20(18,19)13-8-14-15-9-13/h3-6,8-9,16H,7,10H2,1-2H3,(H,14,15). The molecule has 7 heteroatoms. The normalized spacial score (nSPS) is 11.9. The molecule has 0 spiro atoms. The van der Waals surface area contributed by atoms with Crippen molar-refractivity contribution in [2.24, 2.45) is 0 Å². The van der Waals surface area contributed by atoms with Crippen LogP contribution < -0.4 is 4.72 Å². The minimum absolute atomic E-state index is 0.141. The van der Waals surface area contributed by atoms with Gasteiger partial charge >= 0.3 is 0 Å². The van der Waals surface area contributed by atoms with Gasteiger partial charge in [0.25, 0.3) is 0 Å². The first-order valence-corrected chi connectivity index (χ1v) is 7.67. The van der Waals surface area contributed by atoms with Crippen molar-refractivity contribution in [2.45, 2.75) is 18.0 Å². The third kappa shape index (κ3) is 3.66. The molecular formula is C13H18N4O2S. The Morgan fingerprint density at radius 1 is 1.25 bits per heavy atom. The average Bonchev–Trinajstić information content (AvgIpc) is 2.92. The lowest BCUT2D eigenvalue weighted by atomic mass is 10.1. The van der Waals surface area contributed by atoms with E-state index in [0.29, 0.717) is 0 Å². The van der Waals surface area contributed by atoms with Crippen LogP contribution in [0.5, 0.6) is 0 Å². The van der Waals surface area contributed by atoms with Gasteiger partial charge in [-0.1, -0.05) is 24.3 Å². The first-order valence-electron chi connectivity index (χ1n) is 6.19. The largest absolute Gasteiger partial charge is 0.305 e. The van der Waals surface area contributed by atoms with E-state index in [1.54, 1.807) is 0 Å². The zero-order chi connectivity index (χ0) is 14.6. The number of aromatic nitrogens is 2. The number of H-pyrrole nitrogens is 1. The van der Waals surface area contributed by atoms with Gasteiger partial charge < -0.3 is 4.90 Å². The molecule has 6 nitrogen and oxygen atoms in total. The molecule has 108 valence electrons. The number of benzene rings is 1. The van der Waals surface area contributed by atoms with Crippen LogP contribution in [-0.4, -0.2) is 37.6 Å². The fraction of sp³-hybridized carbons (Fsp3) is 0.308. The molecule has 0 aliphatic heterocycles. The Morgan fingerprint density at radius 3 is 2.55 bits per heavy atom. The summed E-state index contributed by atoms with van der Waals surface area (Å²) in [5, 5.41) is 6.15. The van der Waals surface area contributed by atoms with Crippen molar-refractivity contribution in [3.05, 3.63) is 47.8 Å². The van der Waals surface area contributed by atoms with Crippen LogP contribution in [-0.2, 0) is 23.1 Å². The van der Waals surface area contributed by atoms with Crippen LogP contribution in [0.15, 0.2) is 41.6 Å². The Morgan fingerprint density at radius 2 is 1.95 bits per heavy atom. The van der Waals surface area contributed by atoms with Gasteiger partial charge in [-0.25, -0.2) is 13.1 Å². The molecule has 20 heavy (non-hydrogen) atoms. The third-order valence-electron chi connectivity index (χ3n) is 2.84. The van der Waals surface area contributed by atoms with E-state index in [4.69, 9.17) is 0 Å². The van der Waals surface area contributed by atoms with Crippen LogP contribution in [0.1, 0.15) is 11.1 Å². The summed E-state index contributed by atoms with van der Waals surface area (Å²) in [6.07, 6.45) is 2.64. The summed E-state index contributed by atoms with van der Waals surface area (Å²) in [6.45, 7) is 1.03. The van der Waals surface area contributed by atoms with E-state index < -0.39 is 10.0 Å². The predicted molar refractivity (Wildman–Crippen MR) is 76.4 cm³/mol. The Kier molecular flexibility index (Phi) is 4.53. The van der Waals surface area contributed by atoms with E-state index in [-0.39, 0.29) is 11.4 Å². The molecule has 0 atom stereocenters.